The van der Waals surface area contributed by atoms with Crippen molar-refractivity contribution in [3.63, 3.8) is 0 Å². The monoisotopic (exact) mass is 256 g/mol. The largest absolute Gasteiger partial charge is 0.494 e. The van der Waals surface area contributed by atoms with Crippen molar-refractivity contribution >= 4 is 0 Å². The number of aliphatic hydroxyl groups is 1. The Morgan fingerprint density at radius 1 is 1.05 bits per heavy atom. The highest BCUT2D eigenvalue weighted by molar-refractivity contribution is 5.36. The molecule has 0 fully saturated rings. The maximum absolute atomic E-state index is 10.4. The lowest BCUT2D eigenvalue weighted by Crippen LogP contribution is -2.01. The highest BCUT2D eigenvalue weighted by atomic mass is 16.5. The summed E-state index contributed by atoms with van der Waals surface area (Å²) >= 11 is 0. The van der Waals surface area contributed by atoms with Crippen LogP contribution in [0.5, 0.6) is 5.75 Å². The van der Waals surface area contributed by atoms with E-state index in [9.17, 15) is 5.11 Å². The van der Waals surface area contributed by atoms with Crippen molar-refractivity contribution in [3.8, 4) is 5.75 Å². The number of aliphatic hydroxyl groups excluding tert-OH is 1. The van der Waals surface area contributed by atoms with E-state index in [1.54, 1.807) is 0 Å². The van der Waals surface area contributed by atoms with E-state index in [1.807, 2.05) is 55.5 Å². The van der Waals surface area contributed by atoms with Crippen LogP contribution in [0.3, 0.4) is 0 Å². The standard InChI is InChI=1S/C17H20O2/c1-3-10-19-16-9-5-8-15(12-16)17(18)14-7-4-6-13(2)11-14/h4-9,11-12,17-18H,3,10H2,1-2H3. The van der Waals surface area contributed by atoms with Gasteiger partial charge in [0, 0.05) is 0 Å². The van der Waals surface area contributed by atoms with E-state index >= 15 is 0 Å². The predicted octanol–water partition coefficient (Wildman–Crippen LogP) is 3.87. The van der Waals surface area contributed by atoms with Crippen molar-refractivity contribution in [2.24, 2.45) is 0 Å². The van der Waals surface area contributed by atoms with Gasteiger partial charge in [0.05, 0.1) is 6.61 Å². The number of aryl methyl sites for hydroxylation is 1. The summed E-state index contributed by atoms with van der Waals surface area (Å²) in [6, 6.07) is 15.6. The van der Waals surface area contributed by atoms with Gasteiger partial charge in [-0.25, -0.2) is 0 Å². The van der Waals surface area contributed by atoms with Crippen LogP contribution in [0.4, 0.5) is 0 Å². The third-order valence-electron chi connectivity index (χ3n) is 3.00. The minimum absolute atomic E-state index is 0.606. The SMILES string of the molecule is CCCOc1cccc(C(O)c2cccc(C)c2)c1. The summed E-state index contributed by atoms with van der Waals surface area (Å²) in [5.41, 5.74) is 2.92. The normalized spacial score (nSPS) is 12.2. The zero-order valence-corrected chi connectivity index (χ0v) is 11.5. The van der Waals surface area contributed by atoms with E-state index in [2.05, 4.69) is 6.92 Å². The van der Waals surface area contributed by atoms with Gasteiger partial charge in [0.25, 0.3) is 0 Å². The van der Waals surface area contributed by atoms with Crippen molar-refractivity contribution in [3.05, 3.63) is 65.2 Å². The van der Waals surface area contributed by atoms with Gasteiger partial charge < -0.3 is 9.84 Å². The molecule has 19 heavy (non-hydrogen) atoms. The highest BCUT2D eigenvalue weighted by Gasteiger charge is 2.11. The fourth-order valence-corrected chi connectivity index (χ4v) is 2.03. The molecule has 2 heteroatoms. The minimum atomic E-state index is -0.606. The van der Waals surface area contributed by atoms with Gasteiger partial charge in [-0.2, -0.15) is 0 Å². The Bertz CT molecular complexity index is 534. The van der Waals surface area contributed by atoms with Crippen LogP contribution in [0.15, 0.2) is 48.5 Å². The number of benzene rings is 2. The molecule has 0 bridgehead atoms. The highest BCUT2D eigenvalue weighted by Crippen LogP contribution is 2.25. The molecule has 1 unspecified atom stereocenters. The molecular formula is C17H20O2. The summed E-state index contributed by atoms with van der Waals surface area (Å²) in [5, 5.41) is 10.4. The molecule has 0 aliphatic rings. The molecule has 0 spiro atoms. The molecular weight excluding hydrogens is 236 g/mol. The van der Waals surface area contributed by atoms with Gasteiger partial charge in [-0.3, -0.25) is 0 Å². The molecule has 0 saturated carbocycles. The molecule has 0 aliphatic carbocycles. The molecule has 0 radical (unpaired) electrons. The third-order valence-corrected chi connectivity index (χ3v) is 3.00. The molecule has 0 amide bonds. The topological polar surface area (TPSA) is 29.5 Å². The molecule has 1 atom stereocenters. The Kier molecular flexibility index (Phi) is 4.58. The minimum Gasteiger partial charge on any atom is -0.494 e. The molecule has 0 aromatic heterocycles. The van der Waals surface area contributed by atoms with Gasteiger partial charge in [-0.15, -0.1) is 0 Å². The van der Waals surface area contributed by atoms with Crippen LogP contribution in [0.25, 0.3) is 0 Å². The summed E-state index contributed by atoms with van der Waals surface area (Å²) in [5.74, 6) is 0.811. The summed E-state index contributed by atoms with van der Waals surface area (Å²) < 4.78 is 5.59. The fraction of sp³-hybridized carbons (Fsp3) is 0.294. The molecule has 0 heterocycles. The van der Waals surface area contributed by atoms with Crippen molar-refractivity contribution in [2.45, 2.75) is 26.4 Å². The number of hydrogen-bond donors (Lipinski definition) is 1. The zero-order chi connectivity index (χ0) is 13.7. The summed E-state index contributed by atoms with van der Waals surface area (Å²) in [7, 11) is 0. The Labute approximate surface area is 114 Å². The van der Waals surface area contributed by atoms with Gasteiger partial charge in [-0.05, 0) is 36.6 Å². The second-order valence-corrected chi connectivity index (χ2v) is 4.74. The number of rotatable bonds is 5. The Hall–Kier alpha value is -1.80. The molecule has 2 aromatic rings. The van der Waals surface area contributed by atoms with Gasteiger partial charge in [-0.1, -0.05) is 48.9 Å². The van der Waals surface area contributed by atoms with E-state index in [4.69, 9.17) is 4.74 Å². The van der Waals surface area contributed by atoms with Crippen molar-refractivity contribution < 1.29 is 9.84 Å². The molecule has 1 N–H and O–H groups in total. The molecule has 0 saturated heterocycles. The fourth-order valence-electron chi connectivity index (χ4n) is 2.03. The van der Waals surface area contributed by atoms with Crippen molar-refractivity contribution in [2.75, 3.05) is 6.61 Å². The number of hydrogen-bond acceptors (Lipinski definition) is 2. The third kappa shape index (κ3) is 3.58. The first-order valence-corrected chi connectivity index (χ1v) is 6.68. The molecule has 2 rings (SSSR count). The van der Waals surface area contributed by atoms with E-state index in [0.717, 1.165) is 28.9 Å². The lowest BCUT2D eigenvalue weighted by atomic mass is 10.00. The van der Waals surface area contributed by atoms with Crippen LogP contribution in [0.2, 0.25) is 0 Å². The van der Waals surface area contributed by atoms with Gasteiger partial charge in [0.1, 0.15) is 11.9 Å². The summed E-state index contributed by atoms with van der Waals surface area (Å²) in [6.07, 6.45) is 0.370. The van der Waals surface area contributed by atoms with Gasteiger partial charge in [0.15, 0.2) is 0 Å². The maximum atomic E-state index is 10.4. The van der Waals surface area contributed by atoms with E-state index in [0.29, 0.717) is 6.61 Å². The van der Waals surface area contributed by atoms with E-state index in [-0.39, 0.29) is 0 Å². The van der Waals surface area contributed by atoms with Gasteiger partial charge in [0.2, 0.25) is 0 Å². The first-order valence-electron chi connectivity index (χ1n) is 6.68. The summed E-state index contributed by atoms with van der Waals surface area (Å²) in [4.78, 5) is 0. The molecule has 0 aliphatic heterocycles. The summed E-state index contributed by atoms with van der Waals surface area (Å²) in [6.45, 7) is 4.80. The van der Waals surface area contributed by atoms with Crippen LogP contribution in [-0.4, -0.2) is 11.7 Å². The lowest BCUT2D eigenvalue weighted by Gasteiger charge is -2.13. The second kappa shape index (κ2) is 6.39. The molecule has 100 valence electrons. The van der Waals surface area contributed by atoms with Crippen LogP contribution in [0.1, 0.15) is 36.1 Å². The molecule has 2 nitrogen and oxygen atoms in total. The maximum Gasteiger partial charge on any atom is 0.119 e. The van der Waals surface area contributed by atoms with Crippen LogP contribution in [-0.2, 0) is 0 Å². The molecule has 2 aromatic carbocycles. The predicted molar refractivity (Wildman–Crippen MR) is 77.5 cm³/mol. The average molecular weight is 256 g/mol. The van der Waals surface area contributed by atoms with Crippen LogP contribution in [0, 0.1) is 6.92 Å². The smallest absolute Gasteiger partial charge is 0.119 e. The number of ether oxygens (including phenoxy) is 1. The first kappa shape index (κ1) is 13.6. The lowest BCUT2D eigenvalue weighted by molar-refractivity contribution is 0.219. The average Bonchev–Trinajstić information content (AvgIpc) is 2.44. The Balaban J connectivity index is 2.21. The van der Waals surface area contributed by atoms with E-state index < -0.39 is 6.10 Å². The quantitative estimate of drug-likeness (QED) is 0.880. The Morgan fingerprint density at radius 2 is 1.74 bits per heavy atom. The van der Waals surface area contributed by atoms with E-state index in [1.165, 1.54) is 0 Å². The van der Waals surface area contributed by atoms with Crippen LogP contribution >= 0.6 is 0 Å². The zero-order valence-electron chi connectivity index (χ0n) is 11.5. The van der Waals surface area contributed by atoms with Crippen molar-refractivity contribution in [1.82, 2.24) is 0 Å². The first-order chi connectivity index (χ1) is 9.20. The van der Waals surface area contributed by atoms with Crippen LogP contribution < -0.4 is 4.74 Å². The van der Waals surface area contributed by atoms with Gasteiger partial charge >= 0.3 is 0 Å². The second-order valence-electron chi connectivity index (χ2n) is 4.74. The van der Waals surface area contributed by atoms with Crippen molar-refractivity contribution in [1.29, 1.82) is 0 Å². The Morgan fingerprint density at radius 3 is 2.42 bits per heavy atom.